The monoisotopic (exact) mass is 201 g/mol. The largest absolute Gasteiger partial charge is 0.527 e. The molecule has 1 saturated heterocycles. The molecule has 4 nitrogen and oxygen atoms in total. The van der Waals surface area contributed by atoms with Gasteiger partial charge in [0.1, 0.15) is 0 Å². The molecular weight excluding hydrogens is 182 g/mol. The molecule has 1 heterocycles. The van der Waals surface area contributed by atoms with Crippen molar-refractivity contribution >= 4 is 6.16 Å². The van der Waals surface area contributed by atoms with E-state index in [1.54, 1.807) is 5.06 Å². The fraction of sp³-hybridized carbons (Fsp3) is 0.900. The highest BCUT2D eigenvalue weighted by atomic mass is 16.8. The Morgan fingerprint density at radius 2 is 2.00 bits per heavy atom. The molecule has 0 radical (unpaired) electrons. The predicted octanol–water partition coefficient (Wildman–Crippen LogP) is 2.34. The van der Waals surface area contributed by atoms with Crippen LogP contribution in [0.1, 0.15) is 39.0 Å². The Morgan fingerprint density at radius 3 is 2.64 bits per heavy atom. The van der Waals surface area contributed by atoms with Gasteiger partial charge in [-0.25, -0.2) is 4.79 Å². The summed E-state index contributed by atoms with van der Waals surface area (Å²) in [5.41, 5.74) is 0. The quantitative estimate of drug-likeness (QED) is 0.517. The van der Waals surface area contributed by atoms with Gasteiger partial charge in [-0.1, -0.05) is 19.8 Å². The number of ether oxygens (including phenoxy) is 1. The van der Waals surface area contributed by atoms with Gasteiger partial charge in [0.15, 0.2) is 0 Å². The van der Waals surface area contributed by atoms with Crippen LogP contribution in [0.2, 0.25) is 0 Å². The van der Waals surface area contributed by atoms with Gasteiger partial charge in [-0.3, -0.25) is 0 Å². The second-order valence-corrected chi connectivity index (χ2v) is 3.53. The molecule has 14 heavy (non-hydrogen) atoms. The number of hydrogen-bond acceptors (Lipinski definition) is 4. The van der Waals surface area contributed by atoms with Crippen molar-refractivity contribution in [3.05, 3.63) is 0 Å². The van der Waals surface area contributed by atoms with Crippen LogP contribution in [-0.2, 0) is 9.57 Å². The van der Waals surface area contributed by atoms with E-state index in [4.69, 9.17) is 9.57 Å². The molecule has 0 aromatic heterocycles. The number of carbonyl (C=O) groups excluding carboxylic acids is 1. The van der Waals surface area contributed by atoms with E-state index in [2.05, 4.69) is 6.92 Å². The van der Waals surface area contributed by atoms with Crippen molar-refractivity contribution in [2.45, 2.75) is 39.0 Å². The molecule has 82 valence electrons. The lowest BCUT2D eigenvalue weighted by atomic mass is 10.2. The lowest BCUT2D eigenvalue weighted by Gasteiger charge is -2.24. The number of nitrogens with zero attached hydrogens (tertiary/aromatic N) is 1. The van der Waals surface area contributed by atoms with Gasteiger partial charge in [0, 0.05) is 13.1 Å². The highest BCUT2D eigenvalue weighted by Crippen LogP contribution is 2.09. The summed E-state index contributed by atoms with van der Waals surface area (Å²) in [6, 6.07) is 0. The van der Waals surface area contributed by atoms with Gasteiger partial charge in [-0.15, -0.1) is 5.06 Å². The molecule has 1 rings (SSSR count). The molecule has 0 spiro atoms. The Balaban J connectivity index is 2.06. The van der Waals surface area contributed by atoms with Crippen molar-refractivity contribution in [2.75, 3.05) is 19.7 Å². The number of piperidine rings is 1. The molecular formula is C10H19NO3. The lowest BCUT2D eigenvalue weighted by molar-refractivity contribution is -0.137. The zero-order valence-corrected chi connectivity index (χ0v) is 8.83. The molecule has 0 amide bonds. The second kappa shape index (κ2) is 6.65. The predicted molar refractivity (Wildman–Crippen MR) is 52.8 cm³/mol. The third-order valence-electron chi connectivity index (χ3n) is 2.24. The molecule has 0 atom stereocenters. The Morgan fingerprint density at radius 1 is 1.29 bits per heavy atom. The van der Waals surface area contributed by atoms with E-state index in [1.807, 2.05) is 0 Å². The minimum atomic E-state index is -0.555. The number of hydroxylamine groups is 2. The highest BCUT2D eigenvalue weighted by Gasteiger charge is 2.15. The molecule has 1 aliphatic rings. The molecule has 0 aromatic rings. The molecule has 0 aromatic carbocycles. The van der Waals surface area contributed by atoms with Gasteiger partial charge in [-0.05, 0) is 19.3 Å². The Kier molecular flexibility index (Phi) is 5.37. The summed E-state index contributed by atoms with van der Waals surface area (Å²) in [5.74, 6) is 0. The van der Waals surface area contributed by atoms with Crippen LogP contribution >= 0.6 is 0 Å². The summed E-state index contributed by atoms with van der Waals surface area (Å²) in [5, 5.41) is 1.69. The average Bonchev–Trinajstić information content (AvgIpc) is 2.20. The van der Waals surface area contributed by atoms with Crippen LogP contribution in [0.5, 0.6) is 0 Å². The first kappa shape index (κ1) is 11.3. The minimum absolute atomic E-state index is 0.461. The van der Waals surface area contributed by atoms with Gasteiger partial charge in [0.2, 0.25) is 0 Å². The third kappa shape index (κ3) is 4.46. The van der Waals surface area contributed by atoms with Crippen molar-refractivity contribution in [1.82, 2.24) is 5.06 Å². The molecule has 0 bridgehead atoms. The van der Waals surface area contributed by atoms with Crippen LogP contribution in [0.15, 0.2) is 0 Å². The Bertz CT molecular complexity index is 167. The van der Waals surface area contributed by atoms with E-state index in [0.717, 1.165) is 38.8 Å². The number of carbonyl (C=O) groups is 1. The average molecular weight is 201 g/mol. The summed E-state index contributed by atoms with van der Waals surface area (Å²) in [6.45, 7) is 4.19. The van der Waals surface area contributed by atoms with Crippen molar-refractivity contribution < 1.29 is 14.4 Å². The number of rotatable bonds is 4. The van der Waals surface area contributed by atoms with Crippen molar-refractivity contribution in [3.63, 3.8) is 0 Å². The Hall–Kier alpha value is -0.770. The van der Waals surface area contributed by atoms with Crippen molar-refractivity contribution in [2.24, 2.45) is 0 Å². The fourth-order valence-electron chi connectivity index (χ4n) is 1.39. The topological polar surface area (TPSA) is 38.8 Å². The summed E-state index contributed by atoms with van der Waals surface area (Å²) in [4.78, 5) is 16.1. The lowest BCUT2D eigenvalue weighted by Crippen LogP contribution is -2.32. The Labute approximate surface area is 85.1 Å². The second-order valence-electron chi connectivity index (χ2n) is 3.53. The SMILES string of the molecule is CCCCOC(=O)ON1CCCCC1. The van der Waals surface area contributed by atoms with E-state index < -0.39 is 6.16 Å². The van der Waals surface area contributed by atoms with Crippen LogP contribution in [0.3, 0.4) is 0 Å². The molecule has 4 heteroatoms. The van der Waals surface area contributed by atoms with E-state index in [1.165, 1.54) is 6.42 Å². The molecule has 0 unspecified atom stereocenters. The van der Waals surface area contributed by atoms with E-state index in [0.29, 0.717) is 6.61 Å². The zero-order valence-electron chi connectivity index (χ0n) is 8.83. The van der Waals surface area contributed by atoms with Gasteiger partial charge in [0.25, 0.3) is 0 Å². The van der Waals surface area contributed by atoms with E-state index in [9.17, 15) is 4.79 Å². The van der Waals surface area contributed by atoms with Crippen LogP contribution in [0.25, 0.3) is 0 Å². The van der Waals surface area contributed by atoms with Crippen LogP contribution < -0.4 is 0 Å². The maximum Gasteiger partial charge on any atom is 0.527 e. The standard InChI is InChI=1S/C10H19NO3/c1-2-3-9-13-10(12)14-11-7-5-4-6-8-11/h2-9H2,1H3. The summed E-state index contributed by atoms with van der Waals surface area (Å²) in [7, 11) is 0. The van der Waals surface area contributed by atoms with Gasteiger partial charge in [-0.2, -0.15) is 0 Å². The number of hydrogen-bond donors (Lipinski definition) is 0. The summed E-state index contributed by atoms with van der Waals surface area (Å²) < 4.78 is 4.88. The molecule has 1 aliphatic heterocycles. The molecule has 0 N–H and O–H groups in total. The maximum absolute atomic E-state index is 11.1. The van der Waals surface area contributed by atoms with E-state index in [-0.39, 0.29) is 0 Å². The van der Waals surface area contributed by atoms with Crippen LogP contribution in [-0.4, -0.2) is 30.9 Å². The van der Waals surface area contributed by atoms with Gasteiger partial charge in [0.05, 0.1) is 6.61 Å². The van der Waals surface area contributed by atoms with Crippen LogP contribution in [0.4, 0.5) is 4.79 Å². The third-order valence-corrected chi connectivity index (χ3v) is 2.24. The maximum atomic E-state index is 11.1. The minimum Gasteiger partial charge on any atom is -0.433 e. The normalized spacial score (nSPS) is 17.8. The first-order valence-corrected chi connectivity index (χ1v) is 5.42. The molecule has 1 fully saturated rings. The van der Waals surface area contributed by atoms with Crippen LogP contribution in [0, 0.1) is 0 Å². The molecule has 0 aliphatic carbocycles. The molecule has 0 saturated carbocycles. The van der Waals surface area contributed by atoms with Crippen molar-refractivity contribution in [3.8, 4) is 0 Å². The van der Waals surface area contributed by atoms with Gasteiger partial charge >= 0.3 is 6.16 Å². The fourth-order valence-corrected chi connectivity index (χ4v) is 1.39. The highest BCUT2D eigenvalue weighted by molar-refractivity contribution is 5.59. The summed E-state index contributed by atoms with van der Waals surface area (Å²) in [6.07, 6.45) is 4.79. The van der Waals surface area contributed by atoms with Gasteiger partial charge < -0.3 is 9.57 Å². The first-order chi connectivity index (χ1) is 6.83. The number of unbranched alkanes of at least 4 members (excludes halogenated alkanes) is 1. The van der Waals surface area contributed by atoms with Crippen molar-refractivity contribution in [1.29, 1.82) is 0 Å². The first-order valence-electron chi connectivity index (χ1n) is 5.42. The summed E-state index contributed by atoms with van der Waals surface area (Å²) >= 11 is 0. The smallest absolute Gasteiger partial charge is 0.433 e. The zero-order chi connectivity index (χ0) is 10.2. The van der Waals surface area contributed by atoms with E-state index >= 15 is 0 Å².